The lowest BCUT2D eigenvalue weighted by molar-refractivity contribution is -0.111. The van der Waals surface area contributed by atoms with Crippen LogP contribution in [0.2, 0.25) is 0 Å². The van der Waals surface area contributed by atoms with Gasteiger partial charge in [0.15, 0.2) is 0 Å². The summed E-state index contributed by atoms with van der Waals surface area (Å²) in [6, 6.07) is 0. The maximum Gasteiger partial charge on any atom is 0.0575 e. The van der Waals surface area contributed by atoms with Crippen molar-refractivity contribution in [1.29, 1.82) is 0 Å². The monoisotopic (exact) mass is 1070 g/mol. The number of unbranched alkanes of at least 4 members (excludes halogenated alkanes) is 14. The Bertz CT molecular complexity index is 1460. The van der Waals surface area contributed by atoms with E-state index in [1.165, 1.54) is 173 Å². The standard InChI is InChI=1S/C46H84O2.C29H50/c1-3-5-7-9-11-13-15-17-35-47-43-23-19-39(20-24-43)41-27-31-45(32-28-41)37-46(38-45)33-29-42(30-34-46)40-21-25-44(26-22-40)48-36-18-16-14-12-10-8-6-4-2;1-3-23-6-10-25(11-7-23)27-14-18-29(19-15-27)20-28(21-29)16-12-26(13-17-28)24-8-4-22(2)5-9-24/h39-44H,3-38H2,1-2H3;22-27H,3-21H2,1-2H3. The fraction of sp³-hybridized carbons (Fsp3) is 1.00. The third-order valence-electron chi connectivity index (χ3n) is 26.7. The van der Waals surface area contributed by atoms with Gasteiger partial charge in [0.05, 0.1) is 12.2 Å². The Labute approximate surface area is 481 Å². The second kappa shape index (κ2) is 31.2. The molecule has 0 aliphatic heterocycles. The molecule has 0 aromatic heterocycles. The zero-order valence-electron chi connectivity index (χ0n) is 52.6. The predicted octanol–water partition coefficient (Wildman–Crippen LogP) is 23.7. The largest absolute Gasteiger partial charge is 0.378 e. The molecular weight excluding hydrogens is 933 g/mol. The molecule has 10 fully saturated rings. The molecule has 2 heteroatoms. The lowest BCUT2D eigenvalue weighted by Crippen LogP contribution is -2.50. The van der Waals surface area contributed by atoms with Gasteiger partial charge in [0, 0.05) is 13.2 Å². The van der Waals surface area contributed by atoms with Gasteiger partial charge in [0.1, 0.15) is 0 Å². The molecule has 10 rings (SSSR count). The van der Waals surface area contributed by atoms with Gasteiger partial charge in [-0.15, -0.1) is 0 Å². The SMILES string of the molecule is CCC1CCC(C2CCC3(CC2)CC2(CCC(C4CCC(C)CC4)CC2)C3)CC1.CCCCCCCCCCOC1CCC(C2CCC3(CC2)CC2(CCC(C4CCC(OCCCCCCCCCC)CC4)CC2)C3)CC1. The average molecular weight is 1070 g/mol. The summed E-state index contributed by atoms with van der Waals surface area (Å²) in [6.07, 6.45) is 80.4. The van der Waals surface area contributed by atoms with E-state index < -0.39 is 0 Å². The summed E-state index contributed by atoms with van der Waals surface area (Å²) in [6.45, 7) is 11.5. The first-order chi connectivity index (χ1) is 37.7. The van der Waals surface area contributed by atoms with Crippen LogP contribution in [-0.2, 0) is 9.47 Å². The van der Waals surface area contributed by atoms with Crippen LogP contribution in [-0.4, -0.2) is 25.4 Å². The third kappa shape index (κ3) is 18.0. The maximum atomic E-state index is 6.37. The molecule has 0 saturated heterocycles. The minimum Gasteiger partial charge on any atom is -0.378 e. The maximum absolute atomic E-state index is 6.37. The van der Waals surface area contributed by atoms with Gasteiger partial charge < -0.3 is 9.47 Å². The van der Waals surface area contributed by atoms with E-state index in [1.807, 2.05) is 0 Å². The molecule has 0 radical (unpaired) electrons. The van der Waals surface area contributed by atoms with E-state index in [0.717, 1.165) is 94.1 Å². The summed E-state index contributed by atoms with van der Waals surface area (Å²) < 4.78 is 12.7. The van der Waals surface area contributed by atoms with E-state index in [-0.39, 0.29) is 0 Å². The minimum absolute atomic E-state index is 0.579. The van der Waals surface area contributed by atoms with Crippen molar-refractivity contribution in [2.75, 3.05) is 13.2 Å². The van der Waals surface area contributed by atoms with Gasteiger partial charge in [0.25, 0.3) is 0 Å². The van der Waals surface area contributed by atoms with Gasteiger partial charge >= 0.3 is 0 Å². The predicted molar refractivity (Wildman–Crippen MR) is 332 cm³/mol. The zero-order chi connectivity index (χ0) is 53.2. The Morgan fingerprint density at radius 1 is 0.273 bits per heavy atom. The molecule has 10 aliphatic rings. The van der Waals surface area contributed by atoms with Crippen LogP contribution in [0.1, 0.15) is 368 Å². The number of rotatable bonds is 25. The highest BCUT2D eigenvalue weighted by Crippen LogP contribution is 2.69. The van der Waals surface area contributed by atoms with Crippen molar-refractivity contribution >= 4 is 0 Å². The van der Waals surface area contributed by atoms with Crippen LogP contribution < -0.4 is 0 Å². The summed E-state index contributed by atoms with van der Waals surface area (Å²) in [4.78, 5) is 0. The first-order valence-corrected chi connectivity index (χ1v) is 36.9. The molecule has 0 N–H and O–H groups in total. The summed E-state index contributed by atoms with van der Waals surface area (Å²) in [5.74, 6) is 10.6. The van der Waals surface area contributed by atoms with Crippen LogP contribution in [0, 0.1) is 80.8 Å². The number of hydrogen-bond acceptors (Lipinski definition) is 2. The van der Waals surface area contributed by atoms with Gasteiger partial charge in [-0.25, -0.2) is 0 Å². The lowest BCUT2D eigenvalue weighted by atomic mass is 9.43. The topological polar surface area (TPSA) is 18.5 Å². The lowest BCUT2D eigenvalue weighted by Gasteiger charge is -2.62. The summed E-state index contributed by atoms with van der Waals surface area (Å²) in [7, 11) is 0. The molecule has 446 valence electrons. The van der Waals surface area contributed by atoms with Gasteiger partial charge in [-0.3, -0.25) is 0 Å². The second-order valence-corrected chi connectivity index (χ2v) is 32.0. The second-order valence-electron chi connectivity index (χ2n) is 32.0. The highest BCUT2D eigenvalue weighted by molar-refractivity contribution is 5.08. The Morgan fingerprint density at radius 3 is 0.805 bits per heavy atom. The van der Waals surface area contributed by atoms with Crippen LogP contribution >= 0.6 is 0 Å². The van der Waals surface area contributed by atoms with E-state index in [2.05, 4.69) is 27.7 Å². The first kappa shape index (κ1) is 61.5. The Hall–Kier alpha value is -0.0800. The zero-order valence-corrected chi connectivity index (χ0v) is 52.6. The molecule has 0 heterocycles. The molecule has 2 nitrogen and oxygen atoms in total. The van der Waals surface area contributed by atoms with Gasteiger partial charge in [-0.1, -0.05) is 150 Å². The molecule has 10 saturated carbocycles. The van der Waals surface area contributed by atoms with Gasteiger partial charge in [0.2, 0.25) is 0 Å². The molecule has 4 spiro atoms. The fourth-order valence-electron chi connectivity index (χ4n) is 21.6. The van der Waals surface area contributed by atoms with E-state index in [0.29, 0.717) is 12.2 Å². The van der Waals surface area contributed by atoms with Crippen molar-refractivity contribution in [3.8, 4) is 0 Å². The van der Waals surface area contributed by atoms with Crippen LogP contribution in [0.4, 0.5) is 0 Å². The fourth-order valence-corrected chi connectivity index (χ4v) is 21.6. The van der Waals surface area contributed by atoms with Crippen molar-refractivity contribution in [2.45, 2.75) is 380 Å². The minimum atomic E-state index is 0.579. The normalized spacial score (nSPS) is 41.5. The molecule has 0 aromatic rings. The Kier molecular flexibility index (Phi) is 24.9. The summed E-state index contributed by atoms with van der Waals surface area (Å²) in [5, 5.41) is 0. The van der Waals surface area contributed by atoms with Crippen LogP contribution in [0.15, 0.2) is 0 Å². The highest BCUT2D eigenvalue weighted by Gasteiger charge is 2.57. The molecular formula is C75H134O2. The van der Waals surface area contributed by atoms with Crippen molar-refractivity contribution in [3.05, 3.63) is 0 Å². The molecule has 0 bridgehead atoms. The number of hydrogen-bond donors (Lipinski definition) is 0. The molecule has 0 aromatic carbocycles. The smallest absolute Gasteiger partial charge is 0.0575 e. The molecule has 77 heavy (non-hydrogen) atoms. The summed E-state index contributed by atoms with van der Waals surface area (Å²) >= 11 is 0. The van der Waals surface area contributed by atoms with Crippen molar-refractivity contribution in [1.82, 2.24) is 0 Å². The average Bonchev–Trinajstić information content (AvgIpc) is 3.56. The van der Waals surface area contributed by atoms with Crippen molar-refractivity contribution < 1.29 is 9.47 Å². The van der Waals surface area contributed by atoms with Crippen LogP contribution in [0.25, 0.3) is 0 Å². The molecule has 10 aliphatic carbocycles. The molecule has 0 amide bonds. The Balaban J connectivity index is 0.000000211. The Morgan fingerprint density at radius 2 is 0.519 bits per heavy atom. The highest BCUT2D eigenvalue weighted by atomic mass is 16.5. The van der Waals surface area contributed by atoms with Crippen molar-refractivity contribution in [3.63, 3.8) is 0 Å². The van der Waals surface area contributed by atoms with Gasteiger partial charge in [-0.2, -0.15) is 0 Å². The van der Waals surface area contributed by atoms with Gasteiger partial charge in [-0.05, 0) is 299 Å². The van der Waals surface area contributed by atoms with E-state index in [1.54, 1.807) is 167 Å². The molecule has 0 unspecified atom stereocenters. The third-order valence-corrected chi connectivity index (χ3v) is 26.7. The summed E-state index contributed by atoms with van der Waals surface area (Å²) in [5.41, 5.74) is 3.18. The van der Waals surface area contributed by atoms with E-state index in [4.69, 9.17) is 9.47 Å². The van der Waals surface area contributed by atoms with E-state index in [9.17, 15) is 0 Å². The first-order valence-electron chi connectivity index (χ1n) is 36.9. The van der Waals surface area contributed by atoms with Crippen LogP contribution in [0.3, 0.4) is 0 Å². The quantitative estimate of drug-likeness (QED) is 0.0849. The molecule has 0 atom stereocenters. The van der Waals surface area contributed by atoms with Crippen molar-refractivity contribution in [2.24, 2.45) is 80.8 Å². The van der Waals surface area contributed by atoms with E-state index >= 15 is 0 Å². The van der Waals surface area contributed by atoms with Crippen LogP contribution in [0.5, 0.6) is 0 Å². The number of ether oxygens (including phenoxy) is 2.